The van der Waals surface area contributed by atoms with Crippen LogP contribution < -0.4 is 10.6 Å². The summed E-state index contributed by atoms with van der Waals surface area (Å²) in [6.07, 6.45) is 2.82. The third kappa shape index (κ3) is 5.83. The molecule has 3 rings (SSSR count). The summed E-state index contributed by atoms with van der Waals surface area (Å²) in [6.45, 7) is 1.99. The van der Waals surface area contributed by atoms with Crippen LogP contribution in [-0.2, 0) is 9.53 Å². The molecule has 0 aliphatic rings. The lowest BCUT2D eigenvalue weighted by Gasteiger charge is -2.11. The van der Waals surface area contributed by atoms with E-state index in [1.165, 1.54) is 30.5 Å². The molecule has 1 aromatic heterocycles. The van der Waals surface area contributed by atoms with E-state index >= 15 is 0 Å². The fourth-order valence-electron chi connectivity index (χ4n) is 2.60. The van der Waals surface area contributed by atoms with Crippen molar-refractivity contribution in [2.75, 3.05) is 11.9 Å². The summed E-state index contributed by atoms with van der Waals surface area (Å²) < 4.78 is 10.0. The van der Waals surface area contributed by atoms with E-state index in [0.717, 1.165) is 0 Å². The average Bonchev–Trinajstić information content (AvgIpc) is 3.30. The maximum atomic E-state index is 12.9. The predicted octanol–water partition coefficient (Wildman–Crippen LogP) is 4.52. The van der Waals surface area contributed by atoms with Gasteiger partial charge in [0, 0.05) is 10.7 Å². The van der Waals surface area contributed by atoms with E-state index in [1.807, 2.05) is 0 Å². The van der Waals surface area contributed by atoms with Crippen LogP contribution in [0.15, 0.2) is 77.0 Å². The first-order valence-corrected chi connectivity index (χ1v) is 9.75. The number of furan rings is 1. The Hall–Kier alpha value is -3.84. The van der Waals surface area contributed by atoms with E-state index < -0.39 is 17.8 Å². The third-order valence-corrected chi connectivity index (χ3v) is 4.44. The Bertz CT molecular complexity index is 1110. The fraction of sp³-hybridized carbons (Fsp3) is 0.0870. The number of carbonyl (C=O) groups is 3. The van der Waals surface area contributed by atoms with Crippen LogP contribution in [0.4, 0.5) is 5.69 Å². The highest BCUT2D eigenvalue weighted by Gasteiger charge is 2.17. The Morgan fingerprint density at radius 2 is 1.77 bits per heavy atom. The molecule has 0 atom stereocenters. The molecule has 31 heavy (non-hydrogen) atoms. The van der Waals surface area contributed by atoms with E-state index in [2.05, 4.69) is 10.6 Å². The van der Waals surface area contributed by atoms with Gasteiger partial charge in [-0.25, -0.2) is 4.79 Å². The van der Waals surface area contributed by atoms with Crippen molar-refractivity contribution in [2.24, 2.45) is 0 Å². The number of anilines is 1. The van der Waals surface area contributed by atoms with Gasteiger partial charge in [0.25, 0.3) is 11.8 Å². The predicted molar refractivity (Wildman–Crippen MR) is 117 cm³/mol. The molecule has 0 saturated heterocycles. The van der Waals surface area contributed by atoms with Crippen molar-refractivity contribution in [3.63, 3.8) is 0 Å². The summed E-state index contributed by atoms with van der Waals surface area (Å²) >= 11 is 6.19. The topological polar surface area (TPSA) is 97.6 Å². The minimum absolute atomic E-state index is 0.0380. The zero-order valence-electron chi connectivity index (χ0n) is 16.6. The smallest absolute Gasteiger partial charge is 0.338 e. The molecule has 0 radical (unpaired) electrons. The molecule has 0 aliphatic carbocycles. The number of hydrogen-bond donors (Lipinski definition) is 2. The van der Waals surface area contributed by atoms with Crippen molar-refractivity contribution in [1.82, 2.24) is 5.32 Å². The quantitative estimate of drug-likeness (QED) is 0.417. The molecule has 2 N–H and O–H groups in total. The van der Waals surface area contributed by atoms with E-state index in [9.17, 15) is 14.4 Å². The maximum absolute atomic E-state index is 12.9. The van der Waals surface area contributed by atoms with Gasteiger partial charge in [-0.15, -0.1) is 0 Å². The van der Waals surface area contributed by atoms with Crippen molar-refractivity contribution in [3.05, 3.63) is 94.5 Å². The van der Waals surface area contributed by atoms with Gasteiger partial charge in [0.05, 0.1) is 18.4 Å². The van der Waals surface area contributed by atoms with Crippen LogP contribution in [0.3, 0.4) is 0 Å². The minimum Gasteiger partial charge on any atom is -0.462 e. The molecule has 0 fully saturated rings. The molecule has 1 heterocycles. The lowest BCUT2D eigenvalue weighted by molar-refractivity contribution is -0.113. The normalized spacial score (nSPS) is 11.0. The van der Waals surface area contributed by atoms with E-state index in [4.69, 9.17) is 20.8 Å². The summed E-state index contributed by atoms with van der Waals surface area (Å²) in [7, 11) is 0. The summed E-state index contributed by atoms with van der Waals surface area (Å²) in [5.41, 5.74) is 1.30. The number of carbonyl (C=O) groups excluding carboxylic acids is 3. The minimum atomic E-state index is -0.587. The van der Waals surface area contributed by atoms with Gasteiger partial charge in [-0.1, -0.05) is 29.8 Å². The van der Waals surface area contributed by atoms with Gasteiger partial charge in [-0.2, -0.15) is 0 Å². The molecule has 8 heteroatoms. The van der Waals surface area contributed by atoms with Gasteiger partial charge in [-0.3, -0.25) is 9.59 Å². The van der Waals surface area contributed by atoms with Crippen LogP contribution in [-0.4, -0.2) is 24.4 Å². The number of amides is 2. The van der Waals surface area contributed by atoms with Crippen molar-refractivity contribution in [3.8, 4) is 0 Å². The number of nitrogens with one attached hydrogen (secondary N) is 2. The number of hydrogen-bond acceptors (Lipinski definition) is 5. The number of ether oxygens (including phenoxy) is 1. The van der Waals surface area contributed by atoms with Crippen LogP contribution in [0.2, 0.25) is 5.02 Å². The second-order valence-electron chi connectivity index (χ2n) is 6.26. The van der Waals surface area contributed by atoms with Gasteiger partial charge in [0.1, 0.15) is 5.70 Å². The second-order valence-corrected chi connectivity index (χ2v) is 6.67. The Kier molecular flexibility index (Phi) is 7.24. The van der Waals surface area contributed by atoms with Gasteiger partial charge in [0.15, 0.2) is 5.76 Å². The number of halogens is 1. The van der Waals surface area contributed by atoms with E-state index in [0.29, 0.717) is 21.8 Å². The fourth-order valence-corrected chi connectivity index (χ4v) is 2.79. The highest BCUT2D eigenvalue weighted by molar-refractivity contribution is 6.32. The Balaban J connectivity index is 1.83. The molecular formula is C23H19ClN2O5. The Morgan fingerprint density at radius 1 is 1.03 bits per heavy atom. The summed E-state index contributed by atoms with van der Waals surface area (Å²) in [5.74, 6) is -1.57. The van der Waals surface area contributed by atoms with Gasteiger partial charge < -0.3 is 19.8 Å². The van der Waals surface area contributed by atoms with E-state index in [-0.39, 0.29) is 18.1 Å². The van der Waals surface area contributed by atoms with Crippen molar-refractivity contribution >= 4 is 41.1 Å². The molecule has 0 saturated carbocycles. The molecular weight excluding hydrogens is 420 g/mol. The molecule has 0 bridgehead atoms. The monoisotopic (exact) mass is 438 g/mol. The third-order valence-electron chi connectivity index (χ3n) is 4.10. The summed E-state index contributed by atoms with van der Waals surface area (Å²) in [6, 6.07) is 16.1. The molecule has 0 aliphatic heterocycles. The first kappa shape index (κ1) is 21.9. The maximum Gasteiger partial charge on any atom is 0.338 e. The van der Waals surface area contributed by atoms with Crippen molar-refractivity contribution in [1.29, 1.82) is 0 Å². The molecule has 7 nitrogen and oxygen atoms in total. The number of esters is 1. The Labute approximate surface area is 183 Å². The summed E-state index contributed by atoms with van der Waals surface area (Å²) in [5, 5.41) is 5.64. The molecule has 0 spiro atoms. The number of benzene rings is 2. The molecule has 3 aromatic rings. The van der Waals surface area contributed by atoms with Crippen LogP contribution in [0.25, 0.3) is 6.08 Å². The van der Waals surface area contributed by atoms with Gasteiger partial charge in [-0.05, 0) is 61.0 Å². The number of rotatable bonds is 7. The molecule has 2 amide bonds. The van der Waals surface area contributed by atoms with E-state index in [1.54, 1.807) is 49.4 Å². The second kappa shape index (κ2) is 10.3. The van der Waals surface area contributed by atoms with Crippen LogP contribution in [0, 0.1) is 0 Å². The van der Waals surface area contributed by atoms with Crippen LogP contribution in [0.5, 0.6) is 0 Å². The van der Waals surface area contributed by atoms with Gasteiger partial charge >= 0.3 is 5.97 Å². The molecule has 0 unspecified atom stereocenters. The summed E-state index contributed by atoms with van der Waals surface area (Å²) in [4.78, 5) is 37.1. The SMILES string of the molecule is CCOC(=O)c1ccc(NC(=O)C(=Cc2ccccc2Cl)NC(=O)c2ccco2)cc1. The first-order chi connectivity index (χ1) is 15.0. The van der Waals surface area contributed by atoms with Crippen molar-refractivity contribution < 1.29 is 23.5 Å². The highest BCUT2D eigenvalue weighted by Crippen LogP contribution is 2.19. The zero-order valence-corrected chi connectivity index (χ0v) is 17.3. The van der Waals surface area contributed by atoms with Gasteiger partial charge in [0.2, 0.25) is 0 Å². The van der Waals surface area contributed by atoms with Crippen LogP contribution in [0.1, 0.15) is 33.4 Å². The zero-order chi connectivity index (χ0) is 22.2. The first-order valence-electron chi connectivity index (χ1n) is 9.37. The van der Waals surface area contributed by atoms with Crippen LogP contribution >= 0.6 is 11.6 Å². The lowest BCUT2D eigenvalue weighted by atomic mass is 10.1. The highest BCUT2D eigenvalue weighted by atomic mass is 35.5. The largest absolute Gasteiger partial charge is 0.462 e. The van der Waals surface area contributed by atoms with Crippen molar-refractivity contribution in [2.45, 2.75) is 6.92 Å². The molecule has 2 aromatic carbocycles. The lowest BCUT2D eigenvalue weighted by Crippen LogP contribution is -2.30. The molecule has 158 valence electrons. The average molecular weight is 439 g/mol. The standard InChI is InChI=1S/C23H19ClN2O5/c1-2-30-23(29)15-9-11-17(12-10-15)25-21(27)19(14-16-6-3-4-7-18(16)24)26-22(28)20-8-5-13-31-20/h3-14H,2H2,1H3,(H,25,27)(H,26,28). The Morgan fingerprint density at radius 3 is 2.42 bits per heavy atom.